The average molecular weight is 305 g/mol. The van der Waals surface area contributed by atoms with Gasteiger partial charge in [-0.3, -0.25) is 9.69 Å². The van der Waals surface area contributed by atoms with Crippen molar-refractivity contribution in [3.8, 4) is 0 Å². The van der Waals surface area contributed by atoms with Crippen LogP contribution in [0.2, 0.25) is 5.02 Å². The minimum absolute atomic E-state index is 0.00993. The topological polar surface area (TPSA) is 46.3 Å². The molecule has 2 aromatic carbocycles. The van der Waals surface area contributed by atoms with Crippen molar-refractivity contribution in [2.75, 3.05) is 16.4 Å². The first-order valence-electron chi connectivity index (χ1n) is 6.20. The number of rotatable bonds is 2. The Labute approximate surface area is 126 Å². The van der Waals surface area contributed by atoms with Crippen molar-refractivity contribution >= 4 is 40.6 Å². The van der Waals surface area contributed by atoms with E-state index in [1.807, 2.05) is 41.3 Å². The van der Waals surface area contributed by atoms with Gasteiger partial charge in [-0.05, 0) is 42.0 Å². The summed E-state index contributed by atoms with van der Waals surface area (Å²) in [5.41, 5.74) is 8.38. The van der Waals surface area contributed by atoms with Crippen LogP contribution < -0.4 is 10.6 Å². The zero-order valence-electron chi connectivity index (χ0n) is 10.6. The van der Waals surface area contributed by atoms with Crippen LogP contribution in [0.3, 0.4) is 0 Å². The lowest BCUT2D eigenvalue weighted by Crippen LogP contribution is -2.27. The first-order valence-corrected chi connectivity index (χ1v) is 7.62. The Kier molecular flexibility index (Phi) is 3.59. The number of anilines is 2. The molecule has 0 bridgehead atoms. The fraction of sp³-hybridized carbons (Fsp3) is 0.133. The van der Waals surface area contributed by atoms with Crippen LogP contribution in [0.1, 0.15) is 10.9 Å². The second kappa shape index (κ2) is 5.38. The number of nitrogen functional groups attached to an aromatic ring is 1. The van der Waals surface area contributed by atoms with Crippen LogP contribution >= 0.6 is 23.4 Å². The fourth-order valence-corrected chi connectivity index (χ4v) is 3.52. The van der Waals surface area contributed by atoms with Crippen molar-refractivity contribution in [1.82, 2.24) is 0 Å². The number of amides is 1. The number of halogens is 1. The molecule has 0 saturated carbocycles. The van der Waals surface area contributed by atoms with E-state index in [9.17, 15) is 4.79 Å². The Hall–Kier alpha value is -1.65. The van der Waals surface area contributed by atoms with Crippen LogP contribution in [-0.2, 0) is 4.79 Å². The van der Waals surface area contributed by atoms with Crippen molar-refractivity contribution in [3.05, 3.63) is 59.1 Å². The smallest absolute Gasteiger partial charge is 0.238 e. The van der Waals surface area contributed by atoms with Gasteiger partial charge in [-0.1, -0.05) is 23.7 Å². The first kappa shape index (κ1) is 13.3. The maximum Gasteiger partial charge on any atom is 0.238 e. The van der Waals surface area contributed by atoms with Gasteiger partial charge >= 0.3 is 0 Å². The summed E-state index contributed by atoms with van der Waals surface area (Å²) < 4.78 is 0. The molecule has 1 amide bonds. The highest BCUT2D eigenvalue weighted by Gasteiger charge is 2.33. The Balaban J connectivity index is 1.96. The second-order valence-electron chi connectivity index (χ2n) is 4.57. The third-order valence-electron chi connectivity index (χ3n) is 3.19. The zero-order valence-corrected chi connectivity index (χ0v) is 12.2. The predicted octanol–water partition coefficient (Wildman–Crippen LogP) is 3.70. The van der Waals surface area contributed by atoms with E-state index in [0.29, 0.717) is 10.8 Å². The lowest BCUT2D eigenvalue weighted by molar-refractivity contribution is -0.115. The summed E-state index contributed by atoms with van der Waals surface area (Å²) in [6.07, 6.45) is 0. The van der Waals surface area contributed by atoms with Crippen molar-refractivity contribution < 1.29 is 4.79 Å². The first-order chi connectivity index (χ1) is 9.65. The summed E-state index contributed by atoms with van der Waals surface area (Å²) in [5.74, 6) is 0.594. The lowest BCUT2D eigenvalue weighted by atomic mass is 10.1. The van der Waals surface area contributed by atoms with Gasteiger partial charge in [0.1, 0.15) is 5.37 Å². The molecule has 1 heterocycles. The van der Waals surface area contributed by atoms with Gasteiger partial charge in [0.05, 0.1) is 5.75 Å². The Morgan fingerprint density at radius 3 is 2.40 bits per heavy atom. The molecule has 1 fully saturated rings. The fourth-order valence-electron chi connectivity index (χ4n) is 2.21. The predicted molar refractivity (Wildman–Crippen MR) is 85.0 cm³/mol. The van der Waals surface area contributed by atoms with Crippen LogP contribution in [0.15, 0.2) is 48.5 Å². The monoisotopic (exact) mass is 304 g/mol. The Morgan fingerprint density at radius 2 is 1.75 bits per heavy atom. The van der Waals surface area contributed by atoms with E-state index in [4.69, 9.17) is 17.3 Å². The van der Waals surface area contributed by atoms with E-state index in [-0.39, 0.29) is 11.3 Å². The van der Waals surface area contributed by atoms with Gasteiger partial charge in [-0.15, -0.1) is 11.8 Å². The highest BCUT2D eigenvalue weighted by atomic mass is 35.5. The SMILES string of the molecule is Nc1ccc(C2SCC(=O)N2c2ccc(Cl)cc2)cc1. The molecule has 0 spiro atoms. The van der Waals surface area contributed by atoms with E-state index >= 15 is 0 Å². The molecule has 5 heteroatoms. The number of hydrogen-bond donors (Lipinski definition) is 1. The number of carbonyl (C=O) groups excluding carboxylic acids is 1. The average Bonchev–Trinajstić information content (AvgIpc) is 2.83. The van der Waals surface area contributed by atoms with Crippen molar-refractivity contribution in [2.24, 2.45) is 0 Å². The molecule has 3 rings (SSSR count). The maximum atomic E-state index is 12.2. The van der Waals surface area contributed by atoms with Crippen LogP contribution in [0.25, 0.3) is 0 Å². The standard InChI is InChI=1S/C15H13ClN2OS/c16-11-3-7-13(8-4-11)18-14(19)9-20-15(18)10-1-5-12(17)6-2-10/h1-8,15H,9,17H2. The highest BCUT2D eigenvalue weighted by molar-refractivity contribution is 8.00. The molecule has 2 N–H and O–H groups in total. The van der Waals surface area contributed by atoms with Gasteiger partial charge in [-0.2, -0.15) is 0 Å². The molecule has 0 radical (unpaired) electrons. The normalized spacial score (nSPS) is 18.6. The van der Waals surface area contributed by atoms with Gasteiger partial charge in [0, 0.05) is 16.4 Å². The summed E-state index contributed by atoms with van der Waals surface area (Å²) in [7, 11) is 0. The number of nitrogens with two attached hydrogens (primary N) is 1. The minimum atomic E-state index is -0.00993. The minimum Gasteiger partial charge on any atom is -0.399 e. The summed E-state index contributed by atoms with van der Waals surface area (Å²) in [6.45, 7) is 0. The van der Waals surface area contributed by atoms with E-state index in [2.05, 4.69) is 0 Å². The zero-order chi connectivity index (χ0) is 14.1. The molecule has 3 nitrogen and oxygen atoms in total. The third-order valence-corrected chi connectivity index (χ3v) is 4.66. The highest BCUT2D eigenvalue weighted by Crippen LogP contribution is 2.41. The van der Waals surface area contributed by atoms with Crippen molar-refractivity contribution in [3.63, 3.8) is 0 Å². The van der Waals surface area contributed by atoms with Gasteiger partial charge < -0.3 is 5.73 Å². The molecule has 1 aliphatic heterocycles. The Morgan fingerprint density at radius 1 is 1.10 bits per heavy atom. The molecule has 1 unspecified atom stereocenters. The van der Waals surface area contributed by atoms with Gasteiger partial charge in [-0.25, -0.2) is 0 Å². The van der Waals surface area contributed by atoms with Crippen LogP contribution in [0.5, 0.6) is 0 Å². The van der Waals surface area contributed by atoms with Gasteiger partial charge in [0.2, 0.25) is 5.91 Å². The van der Waals surface area contributed by atoms with E-state index in [1.54, 1.807) is 23.9 Å². The van der Waals surface area contributed by atoms with E-state index in [1.165, 1.54) is 0 Å². The molecule has 20 heavy (non-hydrogen) atoms. The number of nitrogens with zero attached hydrogens (tertiary/aromatic N) is 1. The lowest BCUT2D eigenvalue weighted by Gasteiger charge is -2.24. The molecule has 0 aliphatic carbocycles. The number of thioether (sulfide) groups is 1. The van der Waals surface area contributed by atoms with Gasteiger partial charge in [0.15, 0.2) is 0 Å². The summed E-state index contributed by atoms with van der Waals surface area (Å²) in [6, 6.07) is 15.0. The van der Waals surface area contributed by atoms with Gasteiger partial charge in [0.25, 0.3) is 0 Å². The molecule has 2 aromatic rings. The van der Waals surface area contributed by atoms with E-state index in [0.717, 1.165) is 16.9 Å². The molecule has 1 saturated heterocycles. The van der Waals surface area contributed by atoms with E-state index < -0.39 is 0 Å². The molecular weight excluding hydrogens is 292 g/mol. The van der Waals surface area contributed by atoms with Crippen LogP contribution in [-0.4, -0.2) is 11.7 Å². The maximum absolute atomic E-state index is 12.2. The molecule has 1 aliphatic rings. The second-order valence-corrected chi connectivity index (χ2v) is 6.08. The number of benzene rings is 2. The third kappa shape index (κ3) is 2.49. The largest absolute Gasteiger partial charge is 0.399 e. The molecule has 0 aromatic heterocycles. The quantitative estimate of drug-likeness (QED) is 0.861. The van der Waals surface area contributed by atoms with Crippen molar-refractivity contribution in [1.29, 1.82) is 0 Å². The number of hydrogen-bond acceptors (Lipinski definition) is 3. The number of carbonyl (C=O) groups is 1. The summed E-state index contributed by atoms with van der Waals surface area (Å²) in [5, 5.41) is 0.654. The molecule has 1 atom stereocenters. The Bertz CT molecular complexity index is 627. The summed E-state index contributed by atoms with van der Waals surface area (Å²) in [4.78, 5) is 14.0. The van der Waals surface area contributed by atoms with Crippen LogP contribution in [0.4, 0.5) is 11.4 Å². The molecule has 102 valence electrons. The van der Waals surface area contributed by atoms with Crippen LogP contribution in [0, 0.1) is 0 Å². The van der Waals surface area contributed by atoms with Crippen molar-refractivity contribution in [2.45, 2.75) is 5.37 Å². The summed E-state index contributed by atoms with van der Waals surface area (Å²) >= 11 is 7.52. The molecular formula is C15H13ClN2OS.